The third-order valence-electron chi connectivity index (χ3n) is 3.68. The molecule has 0 amide bonds. The molecule has 8 heteroatoms. The van der Waals surface area contributed by atoms with E-state index in [1.165, 1.54) is 12.1 Å². The lowest BCUT2D eigenvalue weighted by atomic mass is 10.1. The van der Waals surface area contributed by atoms with E-state index in [-0.39, 0.29) is 34.6 Å². The van der Waals surface area contributed by atoms with Crippen LogP contribution in [0, 0.1) is 0 Å². The van der Waals surface area contributed by atoms with Gasteiger partial charge in [0.05, 0.1) is 21.5 Å². The van der Waals surface area contributed by atoms with Gasteiger partial charge in [-0.1, -0.05) is 31.9 Å². The molecule has 0 aliphatic rings. The first-order valence-electron chi connectivity index (χ1n) is 6.53. The molecule has 6 nitrogen and oxygen atoms in total. The first kappa shape index (κ1) is 15.4. The van der Waals surface area contributed by atoms with Crippen molar-refractivity contribution in [3.63, 3.8) is 0 Å². The van der Waals surface area contributed by atoms with Gasteiger partial charge in [-0.15, -0.1) is 0 Å². The maximum absolute atomic E-state index is 12.3. The molecule has 0 fully saturated rings. The lowest BCUT2D eigenvalue weighted by Gasteiger charge is -1.92. The molecule has 3 rings (SSSR count). The molecule has 1 aromatic carbocycles. The largest absolute Gasteiger partial charge is 0.273 e. The monoisotopic (exact) mass is 428 g/mol. The summed E-state index contributed by atoms with van der Waals surface area (Å²) in [5.41, 5.74) is -1.72. The third kappa shape index (κ3) is 2.04. The highest BCUT2D eigenvalue weighted by molar-refractivity contribution is 9.09. The standard InChI is InChI=1S/C14H10Br2N2O4/c15-1-3-17-11(19)7-5-9-10(6-8(7)12(17)20)14(22)18(4-2-16)13(9)21/h5-6H,1-4H2. The van der Waals surface area contributed by atoms with E-state index in [1.54, 1.807) is 0 Å². The Morgan fingerprint density at radius 1 is 0.636 bits per heavy atom. The van der Waals surface area contributed by atoms with E-state index in [0.29, 0.717) is 10.7 Å². The molecule has 0 spiro atoms. The Bertz CT molecular complexity index is 924. The maximum Gasteiger partial charge on any atom is 0.261 e. The number of hydrogen-bond acceptors (Lipinski definition) is 4. The van der Waals surface area contributed by atoms with E-state index in [9.17, 15) is 19.2 Å². The van der Waals surface area contributed by atoms with Crippen LogP contribution in [0.1, 0.15) is 0 Å². The molecule has 0 saturated carbocycles. The van der Waals surface area contributed by atoms with Gasteiger partial charge in [-0.25, -0.2) is 0 Å². The lowest BCUT2D eigenvalue weighted by Crippen LogP contribution is -2.26. The van der Waals surface area contributed by atoms with Gasteiger partial charge in [0.1, 0.15) is 0 Å². The quantitative estimate of drug-likeness (QED) is 0.572. The molecular formula is C14H10Br2N2O4. The van der Waals surface area contributed by atoms with Crippen molar-refractivity contribution >= 4 is 53.4 Å². The molecule has 0 radical (unpaired) electrons. The summed E-state index contributed by atoms with van der Waals surface area (Å²) in [7, 11) is 0. The fraction of sp³-hybridized carbons (Fsp3) is 0.286. The Labute approximate surface area is 139 Å². The molecule has 2 heterocycles. The van der Waals surface area contributed by atoms with Gasteiger partial charge in [0.15, 0.2) is 0 Å². The lowest BCUT2D eigenvalue weighted by molar-refractivity contribution is 0.732. The zero-order valence-electron chi connectivity index (χ0n) is 11.3. The summed E-state index contributed by atoms with van der Waals surface area (Å²) < 4.78 is 2.22. The Hall–Kier alpha value is -1.54. The van der Waals surface area contributed by atoms with Gasteiger partial charge >= 0.3 is 0 Å². The predicted molar refractivity (Wildman–Crippen MR) is 92.5 cm³/mol. The Morgan fingerprint density at radius 2 is 0.909 bits per heavy atom. The van der Waals surface area contributed by atoms with E-state index in [0.717, 1.165) is 9.13 Å². The summed E-state index contributed by atoms with van der Waals surface area (Å²) in [4.78, 5) is 49.0. The number of nitrogens with zero attached hydrogens (tertiary/aromatic N) is 2. The molecule has 114 valence electrons. The van der Waals surface area contributed by atoms with Crippen molar-refractivity contribution in [1.29, 1.82) is 0 Å². The van der Waals surface area contributed by atoms with Crippen LogP contribution in [0.15, 0.2) is 31.3 Å². The molecule has 0 atom stereocenters. The van der Waals surface area contributed by atoms with Crippen molar-refractivity contribution in [2.75, 3.05) is 10.7 Å². The van der Waals surface area contributed by atoms with Crippen LogP contribution < -0.4 is 22.2 Å². The minimum atomic E-state index is -0.429. The van der Waals surface area contributed by atoms with Gasteiger partial charge in [0.2, 0.25) is 0 Å². The first-order chi connectivity index (χ1) is 10.5. The third-order valence-corrected chi connectivity index (χ3v) is 4.39. The number of hydrogen-bond donors (Lipinski definition) is 0. The van der Waals surface area contributed by atoms with Crippen molar-refractivity contribution in [1.82, 2.24) is 9.13 Å². The summed E-state index contributed by atoms with van der Waals surface area (Å²) in [5.74, 6) is 0. The molecule has 22 heavy (non-hydrogen) atoms. The second-order valence-corrected chi connectivity index (χ2v) is 6.43. The number of benzene rings is 1. The van der Waals surface area contributed by atoms with Gasteiger partial charge in [-0.05, 0) is 12.1 Å². The second kappa shape index (κ2) is 5.58. The van der Waals surface area contributed by atoms with Crippen LogP contribution in [0.2, 0.25) is 0 Å². The van der Waals surface area contributed by atoms with E-state index < -0.39 is 22.2 Å². The Balaban J connectivity index is 2.47. The van der Waals surface area contributed by atoms with E-state index >= 15 is 0 Å². The van der Waals surface area contributed by atoms with Crippen LogP contribution in [-0.2, 0) is 13.1 Å². The molecule has 2 aromatic heterocycles. The van der Waals surface area contributed by atoms with Crippen LogP contribution in [0.25, 0.3) is 21.5 Å². The molecule has 0 bridgehead atoms. The number of rotatable bonds is 4. The highest BCUT2D eigenvalue weighted by Gasteiger charge is 2.18. The highest BCUT2D eigenvalue weighted by atomic mass is 79.9. The fourth-order valence-electron chi connectivity index (χ4n) is 2.65. The summed E-state index contributed by atoms with van der Waals surface area (Å²) in [6, 6.07) is 2.74. The molecule has 0 aliphatic heterocycles. The van der Waals surface area contributed by atoms with Crippen molar-refractivity contribution in [3.8, 4) is 0 Å². The van der Waals surface area contributed by atoms with Crippen LogP contribution in [-0.4, -0.2) is 19.8 Å². The molecule has 0 N–H and O–H groups in total. The number of fused-ring (bicyclic) bond motifs is 2. The summed E-state index contributed by atoms with van der Waals surface area (Å²) in [6.07, 6.45) is 0. The molecular weight excluding hydrogens is 420 g/mol. The van der Waals surface area contributed by atoms with Gasteiger partial charge in [0.25, 0.3) is 22.2 Å². The van der Waals surface area contributed by atoms with E-state index in [4.69, 9.17) is 0 Å². The van der Waals surface area contributed by atoms with Crippen LogP contribution in [0.3, 0.4) is 0 Å². The zero-order chi connectivity index (χ0) is 16.0. The van der Waals surface area contributed by atoms with Crippen molar-refractivity contribution < 1.29 is 0 Å². The van der Waals surface area contributed by atoms with Crippen LogP contribution >= 0.6 is 31.9 Å². The normalized spacial score (nSPS) is 11.7. The van der Waals surface area contributed by atoms with E-state index in [2.05, 4.69) is 31.9 Å². The summed E-state index contributed by atoms with van der Waals surface area (Å²) >= 11 is 6.38. The topological polar surface area (TPSA) is 78.1 Å². The number of alkyl halides is 2. The smallest absolute Gasteiger partial charge is 0.261 e. The average Bonchev–Trinajstić information content (AvgIpc) is 2.88. The van der Waals surface area contributed by atoms with Crippen LogP contribution in [0.5, 0.6) is 0 Å². The number of halogens is 2. The average molecular weight is 430 g/mol. The second-order valence-electron chi connectivity index (χ2n) is 4.85. The first-order valence-corrected chi connectivity index (χ1v) is 8.78. The SMILES string of the molecule is O=c1c2cc3c(=O)n(CCBr)c(=O)c3cc2c(=O)n1CCBr. The summed E-state index contributed by atoms with van der Waals surface area (Å²) in [5, 5.41) is 1.68. The fourth-order valence-corrected chi connectivity index (χ4v) is 3.36. The van der Waals surface area contributed by atoms with Crippen molar-refractivity contribution in [2.45, 2.75) is 13.1 Å². The predicted octanol–water partition coefficient (Wildman–Crippen LogP) is 0.702. The summed E-state index contributed by atoms with van der Waals surface area (Å²) in [6.45, 7) is 0.489. The Morgan fingerprint density at radius 3 is 1.14 bits per heavy atom. The van der Waals surface area contributed by atoms with E-state index in [1.807, 2.05) is 0 Å². The molecule has 0 saturated heterocycles. The zero-order valence-corrected chi connectivity index (χ0v) is 14.4. The molecule has 0 aliphatic carbocycles. The minimum Gasteiger partial charge on any atom is -0.273 e. The molecule has 3 aromatic rings. The van der Waals surface area contributed by atoms with Crippen LogP contribution in [0.4, 0.5) is 0 Å². The number of aromatic nitrogens is 2. The van der Waals surface area contributed by atoms with Gasteiger partial charge in [-0.2, -0.15) is 0 Å². The molecule has 0 unspecified atom stereocenters. The Kier molecular flexibility index (Phi) is 3.90. The van der Waals surface area contributed by atoms with Gasteiger partial charge in [0, 0.05) is 23.7 Å². The van der Waals surface area contributed by atoms with Gasteiger partial charge < -0.3 is 0 Å². The maximum atomic E-state index is 12.3. The highest BCUT2D eigenvalue weighted by Crippen LogP contribution is 2.14. The van der Waals surface area contributed by atoms with Crippen molar-refractivity contribution in [2.24, 2.45) is 0 Å². The van der Waals surface area contributed by atoms with Crippen molar-refractivity contribution in [3.05, 3.63) is 53.5 Å². The van der Waals surface area contributed by atoms with Gasteiger partial charge in [-0.3, -0.25) is 28.3 Å². The minimum absolute atomic E-state index is 0.187.